The molecular formula is C16H15FO3. The Morgan fingerprint density at radius 1 is 1.05 bits per heavy atom. The number of rotatable bonds is 1. The van der Waals surface area contributed by atoms with Gasteiger partial charge in [-0.25, -0.2) is 4.39 Å². The maximum absolute atomic E-state index is 13.3. The van der Waals surface area contributed by atoms with Crippen LogP contribution in [0, 0.1) is 12.7 Å². The number of hydrogen-bond acceptors (Lipinski definition) is 3. The predicted molar refractivity (Wildman–Crippen MR) is 76.4 cm³/mol. The normalized spacial score (nSPS) is 10.5. The zero-order valence-electron chi connectivity index (χ0n) is 10.1. The molecule has 3 rings (SSSR count). The van der Waals surface area contributed by atoms with Gasteiger partial charge in [-0.2, -0.15) is 0 Å². The monoisotopic (exact) mass is 274 g/mol. The van der Waals surface area contributed by atoms with Gasteiger partial charge in [0.25, 0.3) is 0 Å². The quantitative estimate of drug-likeness (QED) is 0.682. The number of phenolic OH excluding ortho intramolecular Hbond substituents is 2. The number of furan rings is 1. The summed E-state index contributed by atoms with van der Waals surface area (Å²) in [7, 11) is 0. The Balaban J connectivity index is 0.00000147. The van der Waals surface area contributed by atoms with Crippen LogP contribution in [-0.2, 0) is 0 Å². The molecule has 0 amide bonds. The fourth-order valence-corrected chi connectivity index (χ4v) is 2.11. The molecule has 3 aromatic rings. The fourth-order valence-electron chi connectivity index (χ4n) is 2.11. The van der Waals surface area contributed by atoms with Crippen LogP contribution in [0.15, 0.2) is 40.8 Å². The van der Waals surface area contributed by atoms with Crippen molar-refractivity contribution in [3.05, 3.63) is 47.8 Å². The van der Waals surface area contributed by atoms with Gasteiger partial charge in [-0.15, -0.1) is 0 Å². The van der Waals surface area contributed by atoms with Crippen molar-refractivity contribution in [2.24, 2.45) is 0 Å². The van der Waals surface area contributed by atoms with Gasteiger partial charge < -0.3 is 14.6 Å². The van der Waals surface area contributed by atoms with E-state index in [2.05, 4.69) is 0 Å². The second-order valence-electron chi connectivity index (χ2n) is 4.46. The number of aryl methyl sites for hydroxylation is 1. The van der Waals surface area contributed by atoms with Gasteiger partial charge in [0.2, 0.25) is 0 Å². The van der Waals surface area contributed by atoms with Crippen molar-refractivity contribution in [1.29, 1.82) is 0 Å². The molecule has 0 atom stereocenters. The van der Waals surface area contributed by atoms with Gasteiger partial charge in [-0.05, 0) is 48.9 Å². The van der Waals surface area contributed by atoms with Crippen molar-refractivity contribution in [3.63, 3.8) is 0 Å². The second kappa shape index (κ2) is 4.89. The van der Waals surface area contributed by atoms with E-state index < -0.39 is 11.6 Å². The summed E-state index contributed by atoms with van der Waals surface area (Å²) in [5.74, 6) is -0.442. The SMILES string of the molecule is C.Cc1cc(O)cc2cc(-c3ccc(O)c(F)c3)oc12. The Morgan fingerprint density at radius 2 is 1.80 bits per heavy atom. The van der Waals surface area contributed by atoms with Crippen LogP contribution in [0.3, 0.4) is 0 Å². The smallest absolute Gasteiger partial charge is 0.165 e. The molecule has 1 heterocycles. The lowest BCUT2D eigenvalue weighted by molar-refractivity contribution is 0.432. The summed E-state index contributed by atoms with van der Waals surface area (Å²) in [4.78, 5) is 0. The van der Waals surface area contributed by atoms with Crippen molar-refractivity contribution in [2.75, 3.05) is 0 Å². The molecule has 2 N–H and O–H groups in total. The topological polar surface area (TPSA) is 53.6 Å². The van der Waals surface area contributed by atoms with Crippen molar-refractivity contribution in [3.8, 4) is 22.8 Å². The molecule has 4 heteroatoms. The summed E-state index contributed by atoms with van der Waals surface area (Å²) in [5, 5.41) is 19.5. The minimum atomic E-state index is -0.697. The summed E-state index contributed by atoms with van der Waals surface area (Å²) in [6.07, 6.45) is 0. The van der Waals surface area contributed by atoms with Gasteiger partial charge in [0.15, 0.2) is 11.6 Å². The van der Waals surface area contributed by atoms with Crippen LogP contribution in [0.2, 0.25) is 0 Å². The maximum Gasteiger partial charge on any atom is 0.165 e. The molecule has 0 bridgehead atoms. The van der Waals surface area contributed by atoms with Crippen LogP contribution in [-0.4, -0.2) is 10.2 Å². The lowest BCUT2D eigenvalue weighted by Crippen LogP contribution is -1.78. The molecule has 2 aromatic carbocycles. The predicted octanol–water partition coefficient (Wildman–Crippen LogP) is 4.59. The maximum atomic E-state index is 13.3. The lowest BCUT2D eigenvalue weighted by Gasteiger charge is -1.99. The van der Waals surface area contributed by atoms with E-state index in [0.29, 0.717) is 16.9 Å². The number of halogens is 1. The van der Waals surface area contributed by atoms with Gasteiger partial charge in [-0.3, -0.25) is 0 Å². The number of hydrogen-bond donors (Lipinski definition) is 2. The Bertz CT molecular complexity index is 775. The molecular weight excluding hydrogens is 259 g/mol. The van der Waals surface area contributed by atoms with Gasteiger partial charge in [0.05, 0.1) is 0 Å². The first-order chi connectivity index (χ1) is 9.04. The van der Waals surface area contributed by atoms with Crippen molar-refractivity contribution >= 4 is 11.0 Å². The van der Waals surface area contributed by atoms with Crippen LogP contribution in [0.25, 0.3) is 22.3 Å². The van der Waals surface area contributed by atoms with Gasteiger partial charge in [0, 0.05) is 10.9 Å². The van der Waals surface area contributed by atoms with E-state index in [9.17, 15) is 14.6 Å². The van der Waals surface area contributed by atoms with Crippen LogP contribution in [0.5, 0.6) is 11.5 Å². The van der Waals surface area contributed by atoms with Crippen molar-refractivity contribution in [2.45, 2.75) is 14.4 Å². The Hall–Kier alpha value is -2.49. The second-order valence-corrected chi connectivity index (χ2v) is 4.46. The summed E-state index contributed by atoms with van der Waals surface area (Å²) in [6.45, 7) is 1.83. The number of phenols is 2. The minimum Gasteiger partial charge on any atom is -0.508 e. The third-order valence-electron chi connectivity index (χ3n) is 3.02. The number of benzene rings is 2. The zero-order valence-corrected chi connectivity index (χ0v) is 10.1. The molecule has 0 aliphatic rings. The zero-order chi connectivity index (χ0) is 13.6. The first kappa shape index (κ1) is 13.9. The standard InChI is InChI=1S/C15H11FO3.CH4/c1-8-4-11(17)5-10-7-14(19-15(8)10)9-2-3-13(18)12(16)6-9;/h2-7,17-18H,1H3;1H4. The first-order valence-electron chi connectivity index (χ1n) is 5.76. The van der Waals surface area contributed by atoms with E-state index in [0.717, 1.165) is 10.9 Å². The lowest BCUT2D eigenvalue weighted by atomic mass is 10.1. The van der Waals surface area contributed by atoms with Gasteiger partial charge in [-0.1, -0.05) is 7.43 Å². The van der Waals surface area contributed by atoms with E-state index in [1.54, 1.807) is 24.3 Å². The van der Waals surface area contributed by atoms with E-state index >= 15 is 0 Å². The molecule has 0 fully saturated rings. The highest BCUT2D eigenvalue weighted by Gasteiger charge is 2.11. The van der Waals surface area contributed by atoms with Crippen molar-refractivity contribution < 1.29 is 19.0 Å². The third kappa shape index (κ3) is 2.20. The average Bonchev–Trinajstić information content (AvgIpc) is 2.76. The minimum absolute atomic E-state index is 0. The molecule has 0 saturated heterocycles. The molecule has 20 heavy (non-hydrogen) atoms. The number of fused-ring (bicyclic) bond motifs is 1. The Labute approximate surface area is 115 Å². The summed E-state index contributed by atoms with van der Waals surface area (Å²) in [6, 6.07) is 8.99. The highest BCUT2D eigenvalue weighted by Crippen LogP contribution is 2.33. The molecule has 0 saturated carbocycles. The molecule has 3 nitrogen and oxygen atoms in total. The van der Waals surface area contributed by atoms with Crippen LogP contribution < -0.4 is 0 Å². The van der Waals surface area contributed by atoms with Crippen LogP contribution in [0.4, 0.5) is 4.39 Å². The first-order valence-corrected chi connectivity index (χ1v) is 5.76. The van der Waals surface area contributed by atoms with Crippen LogP contribution in [0.1, 0.15) is 13.0 Å². The summed E-state index contributed by atoms with van der Waals surface area (Å²) < 4.78 is 19.0. The highest BCUT2D eigenvalue weighted by molar-refractivity contribution is 5.86. The fraction of sp³-hybridized carbons (Fsp3) is 0.125. The Kier molecular flexibility index (Phi) is 3.40. The molecule has 104 valence electrons. The molecule has 0 aliphatic heterocycles. The third-order valence-corrected chi connectivity index (χ3v) is 3.02. The molecule has 0 spiro atoms. The van der Waals surface area contributed by atoms with Crippen molar-refractivity contribution in [1.82, 2.24) is 0 Å². The van der Waals surface area contributed by atoms with E-state index in [-0.39, 0.29) is 13.2 Å². The van der Waals surface area contributed by atoms with E-state index in [1.807, 2.05) is 6.92 Å². The molecule has 0 radical (unpaired) electrons. The van der Waals surface area contributed by atoms with Gasteiger partial charge in [0.1, 0.15) is 17.1 Å². The number of aromatic hydroxyl groups is 2. The molecule has 0 unspecified atom stereocenters. The van der Waals surface area contributed by atoms with Gasteiger partial charge >= 0.3 is 0 Å². The average molecular weight is 274 g/mol. The highest BCUT2D eigenvalue weighted by atomic mass is 19.1. The van der Waals surface area contributed by atoms with E-state index in [1.165, 1.54) is 12.1 Å². The largest absolute Gasteiger partial charge is 0.508 e. The summed E-state index contributed by atoms with van der Waals surface area (Å²) >= 11 is 0. The molecule has 1 aromatic heterocycles. The Morgan fingerprint density at radius 3 is 2.50 bits per heavy atom. The van der Waals surface area contributed by atoms with Crippen LogP contribution >= 0.6 is 0 Å². The molecule has 0 aliphatic carbocycles. The van der Waals surface area contributed by atoms with E-state index in [4.69, 9.17) is 4.42 Å². The summed E-state index contributed by atoms with van der Waals surface area (Å²) in [5.41, 5.74) is 1.99.